The first-order valence-electron chi connectivity index (χ1n) is 7.66. The number of amides is 1. The van der Waals surface area contributed by atoms with Crippen molar-refractivity contribution in [2.45, 2.75) is 31.8 Å². The lowest BCUT2D eigenvalue weighted by Crippen LogP contribution is -2.28. The van der Waals surface area contributed by atoms with Crippen LogP contribution in [0.3, 0.4) is 0 Å². The SMILES string of the molecule is O=C(CCC1CC1)NCC(O)c1ccc2ccccc2c1. The highest BCUT2D eigenvalue weighted by Gasteiger charge is 2.21. The molecule has 0 saturated heterocycles. The molecule has 3 heteroatoms. The molecular formula is C18H21NO2. The van der Waals surface area contributed by atoms with Crippen LogP contribution in [-0.2, 0) is 4.79 Å². The van der Waals surface area contributed by atoms with Crippen LogP contribution in [0, 0.1) is 5.92 Å². The smallest absolute Gasteiger partial charge is 0.220 e. The maximum atomic E-state index is 11.7. The zero-order valence-electron chi connectivity index (χ0n) is 12.1. The molecule has 1 aliphatic carbocycles. The standard InChI is InChI=1S/C18H21NO2/c20-17(12-19-18(21)10-7-13-5-6-13)16-9-8-14-3-1-2-4-15(14)11-16/h1-4,8-9,11,13,17,20H,5-7,10,12H2,(H,19,21). The lowest BCUT2D eigenvalue weighted by atomic mass is 10.0. The third kappa shape index (κ3) is 3.82. The van der Waals surface area contributed by atoms with E-state index in [1.165, 1.54) is 12.8 Å². The van der Waals surface area contributed by atoms with E-state index in [0.29, 0.717) is 6.42 Å². The molecule has 1 saturated carbocycles. The monoisotopic (exact) mass is 283 g/mol. The molecule has 2 aromatic carbocycles. The molecule has 3 nitrogen and oxygen atoms in total. The van der Waals surface area contributed by atoms with E-state index in [2.05, 4.69) is 5.32 Å². The van der Waals surface area contributed by atoms with Crippen molar-refractivity contribution in [2.75, 3.05) is 6.54 Å². The van der Waals surface area contributed by atoms with E-state index >= 15 is 0 Å². The molecule has 110 valence electrons. The normalized spacial score (nSPS) is 15.9. The Balaban J connectivity index is 1.55. The zero-order chi connectivity index (χ0) is 14.7. The summed E-state index contributed by atoms with van der Waals surface area (Å²) in [5, 5.41) is 15.3. The first-order valence-corrected chi connectivity index (χ1v) is 7.66. The van der Waals surface area contributed by atoms with Crippen molar-refractivity contribution < 1.29 is 9.90 Å². The first-order chi connectivity index (χ1) is 10.2. The van der Waals surface area contributed by atoms with Crippen molar-refractivity contribution in [1.29, 1.82) is 0 Å². The van der Waals surface area contributed by atoms with Crippen LogP contribution >= 0.6 is 0 Å². The molecule has 2 N–H and O–H groups in total. The number of rotatable bonds is 6. The number of carbonyl (C=O) groups is 1. The van der Waals surface area contributed by atoms with Crippen LogP contribution in [-0.4, -0.2) is 17.6 Å². The highest BCUT2D eigenvalue weighted by molar-refractivity contribution is 5.83. The van der Waals surface area contributed by atoms with E-state index in [1.807, 2.05) is 42.5 Å². The van der Waals surface area contributed by atoms with E-state index < -0.39 is 6.10 Å². The number of aliphatic hydroxyl groups is 1. The van der Waals surface area contributed by atoms with Crippen LogP contribution in [0.25, 0.3) is 10.8 Å². The first kappa shape index (κ1) is 14.1. The number of hydrogen-bond donors (Lipinski definition) is 2. The summed E-state index contributed by atoms with van der Waals surface area (Å²) < 4.78 is 0. The summed E-state index contributed by atoms with van der Waals surface area (Å²) in [5.41, 5.74) is 0.844. The van der Waals surface area contributed by atoms with Gasteiger partial charge in [0.25, 0.3) is 0 Å². The Labute approximate surface area is 125 Å². The average Bonchev–Trinajstić information content (AvgIpc) is 3.34. The van der Waals surface area contributed by atoms with Crippen LogP contribution in [0.2, 0.25) is 0 Å². The minimum Gasteiger partial charge on any atom is -0.387 e. The van der Waals surface area contributed by atoms with Gasteiger partial charge in [-0.05, 0) is 34.7 Å². The molecule has 2 aromatic rings. The second-order valence-electron chi connectivity index (χ2n) is 5.91. The second-order valence-corrected chi connectivity index (χ2v) is 5.91. The summed E-state index contributed by atoms with van der Waals surface area (Å²) in [4.78, 5) is 11.7. The molecule has 0 heterocycles. The van der Waals surface area contributed by atoms with Crippen molar-refractivity contribution in [2.24, 2.45) is 5.92 Å². The fourth-order valence-electron chi connectivity index (χ4n) is 2.57. The predicted molar refractivity (Wildman–Crippen MR) is 83.9 cm³/mol. The third-order valence-electron chi connectivity index (χ3n) is 4.13. The fourth-order valence-corrected chi connectivity index (χ4v) is 2.57. The van der Waals surface area contributed by atoms with Crippen molar-refractivity contribution in [1.82, 2.24) is 5.32 Å². The maximum absolute atomic E-state index is 11.7. The summed E-state index contributed by atoms with van der Waals surface area (Å²) in [6.45, 7) is 0.280. The highest BCUT2D eigenvalue weighted by Crippen LogP contribution is 2.33. The molecule has 3 rings (SSSR count). The van der Waals surface area contributed by atoms with Crippen molar-refractivity contribution in [3.8, 4) is 0 Å². The highest BCUT2D eigenvalue weighted by atomic mass is 16.3. The fraction of sp³-hybridized carbons (Fsp3) is 0.389. The number of benzene rings is 2. The average molecular weight is 283 g/mol. The Bertz CT molecular complexity index is 634. The van der Waals surface area contributed by atoms with Crippen molar-refractivity contribution in [3.63, 3.8) is 0 Å². The zero-order valence-corrected chi connectivity index (χ0v) is 12.1. The molecule has 0 radical (unpaired) electrons. The molecule has 0 aliphatic heterocycles. The third-order valence-corrected chi connectivity index (χ3v) is 4.13. The lowest BCUT2D eigenvalue weighted by Gasteiger charge is -2.13. The Morgan fingerprint density at radius 1 is 1.19 bits per heavy atom. The van der Waals surface area contributed by atoms with E-state index in [1.54, 1.807) is 0 Å². The summed E-state index contributed by atoms with van der Waals surface area (Å²) in [6, 6.07) is 14.0. The molecule has 0 aromatic heterocycles. The van der Waals surface area contributed by atoms with Gasteiger partial charge in [-0.15, -0.1) is 0 Å². The van der Waals surface area contributed by atoms with Crippen molar-refractivity contribution >= 4 is 16.7 Å². The van der Waals surface area contributed by atoms with Gasteiger partial charge in [0.1, 0.15) is 0 Å². The van der Waals surface area contributed by atoms with Gasteiger partial charge in [0.2, 0.25) is 5.91 Å². The summed E-state index contributed by atoms with van der Waals surface area (Å²) in [5.74, 6) is 0.808. The number of hydrogen-bond acceptors (Lipinski definition) is 2. The summed E-state index contributed by atoms with van der Waals surface area (Å²) >= 11 is 0. The van der Waals surface area contributed by atoms with Crippen LogP contribution in [0.15, 0.2) is 42.5 Å². The van der Waals surface area contributed by atoms with Gasteiger partial charge in [-0.1, -0.05) is 49.2 Å². The van der Waals surface area contributed by atoms with E-state index in [4.69, 9.17) is 0 Å². The maximum Gasteiger partial charge on any atom is 0.220 e. The molecule has 0 spiro atoms. The van der Waals surface area contributed by atoms with Gasteiger partial charge in [0.15, 0.2) is 0 Å². The molecule has 1 aliphatic rings. The minimum absolute atomic E-state index is 0.0433. The molecule has 1 amide bonds. The Morgan fingerprint density at radius 2 is 1.95 bits per heavy atom. The molecule has 1 atom stereocenters. The van der Waals surface area contributed by atoms with Crippen LogP contribution in [0.5, 0.6) is 0 Å². The predicted octanol–water partition coefficient (Wildman–Crippen LogP) is 3.18. The largest absolute Gasteiger partial charge is 0.387 e. The van der Waals surface area contributed by atoms with E-state index in [0.717, 1.165) is 28.7 Å². The van der Waals surface area contributed by atoms with Crippen LogP contribution in [0.4, 0.5) is 0 Å². The van der Waals surface area contributed by atoms with Gasteiger partial charge in [0, 0.05) is 13.0 Å². The summed E-state index contributed by atoms with van der Waals surface area (Å²) in [7, 11) is 0. The Kier molecular flexibility index (Phi) is 4.20. The minimum atomic E-state index is -0.653. The van der Waals surface area contributed by atoms with Gasteiger partial charge < -0.3 is 10.4 Å². The number of carbonyl (C=O) groups excluding carboxylic acids is 1. The number of fused-ring (bicyclic) bond motifs is 1. The number of nitrogens with one attached hydrogen (secondary N) is 1. The Morgan fingerprint density at radius 3 is 2.71 bits per heavy atom. The topological polar surface area (TPSA) is 49.3 Å². The van der Waals surface area contributed by atoms with Gasteiger partial charge >= 0.3 is 0 Å². The van der Waals surface area contributed by atoms with E-state index in [-0.39, 0.29) is 12.5 Å². The molecule has 1 fully saturated rings. The van der Waals surface area contributed by atoms with Gasteiger partial charge in [-0.2, -0.15) is 0 Å². The van der Waals surface area contributed by atoms with Crippen LogP contribution < -0.4 is 5.32 Å². The molecule has 0 bridgehead atoms. The Hall–Kier alpha value is -1.87. The molecule has 1 unspecified atom stereocenters. The van der Waals surface area contributed by atoms with E-state index in [9.17, 15) is 9.90 Å². The second kappa shape index (κ2) is 6.27. The number of aliphatic hydroxyl groups excluding tert-OH is 1. The molecule has 21 heavy (non-hydrogen) atoms. The van der Waals surface area contributed by atoms with Crippen molar-refractivity contribution in [3.05, 3.63) is 48.0 Å². The quantitative estimate of drug-likeness (QED) is 0.855. The van der Waals surface area contributed by atoms with Crippen LogP contribution in [0.1, 0.15) is 37.4 Å². The summed E-state index contributed by atoms with van der Waals surface area (Å²) in [6.07, 6.45) is 3.45. The van der Waals surface area contributed by atoms with Gasteiger partial charge in [0.05, 0.1) is 6.10 Å². The lowest BCUT2D eigenvalue weighted by molar-refractivity contribution is -0.121. The van der Waals surface area contributed by atoms with Gasteiger partial charge in [-0.3, -0.25) is 4.79 Å². The molecular weight excluding hydrogens is 262 g/mol. The van der Waals surface area contributed by atoms with Gasteiger partial charge in [-0.25, -0.2) is 0 Å².